The molecule has 0 aliphatic heterocycles. The lowest BCUT2D eigenvalue weighted by atomic mass is 10.0. The summed E-state index contributed by atoms with van der Waals surface area (Å²) in [5.74, 6) is -0.553. The molecule has 0 bridgehead atoms. The third-order valence-corrected chi connectivity index (χ3v) is 4.33. The van der Waals surface area contributed by atoms with Gasteiger partial charge in [-0.05, 0) is 36.2 Å². The molecule has 1 atom stereocenters. The lowest BCUT2D eigenvalue weighted by molar-refractivity contribution is -0.145. The van der Waals surface area contributed by atoms with Gasteiger partial charge in [0.2, 0.25) is 5.91 Å². The van der Waals surface area contributed by atoms with E-state index in [4.69, 9.17) is 4.74 Å². The van der Waals surface area contributed by atoms with Crippen molar-refractivity contribution in [3.63, 3.8) is 0 Å². The fraction of sp³-hybridized carbons (Fsp3) is 0.227. The first-order valence-corrected chi connectivity index (χ1v) is 9.09. The van der Waals surface area contributed by atoms with Crippen LogP contribution in [0.25, 0.3) is 5.69 Å². The molecule has 1 N–H and O–H groups in total. The number of rotatable bonds is 7. The van der Waals surface area contributed by atoms with E-state index in [-0.39, 0.29) is 24.9 Å². The number of carbonyl (C=O) groups is 2. The van der Waals surface area contributed by atoms with Crippen LogP contribution in [-0.4, -0.2) is 21.7 Å². The zero-order chi connectivity index (χ0) is 19.9. The van der Waals surface area contributed by atoms with Crippen LogP contribution in [0.2, 0.25) is 0 Å². The number of hydrogen-bond acceptors (Lipinski definition) is 4. The molecule has 28 heavy (non-hydrogen) atoms. The van der Waals surface area contributed by atoms with E-state index in [1.807, 2.05) is 67.7 Å². The molecule has 3 rings (SSSR count). The van der Waals surface area contributed by atoms with Crippen molar-refractivity contribution in [1.82, 2.24) is 15.1 Å². The van der Waals surface area contributed by atoms with Crippen molar-refractivity contribution in [3.05, 3.63) is 83.7 Å². The lowest BCUT2D eigenvalue weighted by Gasteiger charge is -2.18. The molecule has 0 aliphatic rings. The molecular weight excluding hydrogens is 354 g/mol. The summed E-state index contributed by atoms with van der Waals surface area (Å²) in [6.45, 7) is 3.61. The van der Waals surface area contributed by atoms with Crippen LogP contribution in [0, 0.1) is 6.92 Å². The molecule has 1 aromatic heterocycles. The van der Waals surface area contributed by atoms with Crippen molar-refractivity contribution >= 4 is 11.9 Å². The highest BCUT2D eigenvalue weighted by Crippen LogP contribution is 2.19. The van der Waals surface area contributed by atoms with Gasteiger partial charge in [0.15, 0.2) is 0 Å². The number of ether oxygens (including phenoxy) is 1. The van der Waals surface area contributed by atoms with Crippen molar-refractivity contribution in [1.29, 1.82) is 0 Å². The molecule has 0 spiro atoms. The molecule has 0 saturated carbocycles. The summed E-state index contributed by atoms with van der Waals surface area (Å²) < 4.78 is 7.16. The molecular formula is C22H23N3O3. The van der Waals surface area contributed by atoms with E-state index in [2.05, 4.69) is 10.4 Å². The maximum Gasteiger partial charge on any atom is 0.308 e. The van der Waals surface area contributed by atoms with Crippen LogP contribution >= 0.6 is 0 Å². The van der Waals surface area contributed by atoms with Crippen LogP contribution in [0.4, 0.5) is 0 Å². The van der Waals surface area contributed by atoms with E-state index in [1.54, 1.807) is 10.9 Å². The van der Waals surface area contributed by atoms with Gasteiger partial charge in [0.05, 0.1) is 18.2 Å². The SMILES string of the molecule is CC(=O)NC(CC(=O)OCc1ccc(-n2cccn2)cc1)c1ccc(C)cc1. The monoisotopic (exact) mass is 377 g/mol. The van der Waals surface area contributed by atoms with Crippen LogP contribution < -0.4 is 5.32 Å². The van der Waals surface area contributed by atoms with Crippen LogP contribution in [0.15, 0.2) is 67.0 Å². The van der Waals surface area contributed by atoms with E-state index >= 15 is 0 Å². The average molecular weight is 377 g/mol. The van der Waals surface area contributed by atoms with Crippen LogP contribution in [0.5, 0.6) is 0 Å². The summed E-state index contributed by atoms with van der Waals surface area (Å²) >= 11 is 0. The molecule has 0 saturated heterocycles. The average Bonchev–Trinajstić information content (AvgIpc) is 3.21. The minimum Gasteiger partial charge on any atom is -0.461 e. The fourth-order valence-corrected chi connectivity index (χ4v) is 2.85. The first-order chi connectivity index (χ1) is 13.5. The Morgan fingerprint density at radius 2 is 1.82 bits per heavy atom. The van der Waals surface area contributed by atoms with Crippen LogP contribution in [0.3, 0.4) is 0 Å². The van der Waals surface area contributed by atoms with E-state index in [9.17, 15) is 9.59 Å². The van der Waals surface area contributed by atoms with Gasteiger partial charge < -0.3 is 10.1 Å². The number of carbonyl (C=O) groups excluding carboxylic acids is 2. The summed E-state index contributed by atoms with van der Waals surface area (Å²) in [6.07, 6.45) is 3.66. The quantitative estimate of drug-likeness (QED) is 0.640. The molecule has 1 unspecified atom stereocenters. The highest BCUT2D eigenvalue weighted by atomic mass is 16.5. The molecule has 3 aromatic rings. The molecule has 0 radical (unpaired) electrons. The smallest absolute Gasteiger partial charge is 0.308 e. The van der Waals surface area contributed by atoms with Crippen molar-refractivity contribution in [2.24, 2.45) is 0 Å². The highest BCUT2D eigenvalue weighted by molar-refractivity contribution is 5.76. The molecule has 0 fully saturated rings. The second-order valence-corrected chi connectivity index (χ2v) is 6.65. The Kier molecular flexibility index (Phi) is 6.22. The molecule has 2 aromatic carbocycles. The lowest BCUT2D eigenvalue weighted by Crippen LogP contribution is -2.28. The summed E-state index contributed by atoms with van der Waals surface area (Å²) in [6, 6.07) is 16.8. The van der Waals surface area contributed by atoms with Gasteiger partial charge in [-0.1, -0.05) is 42.0 Å². The van der Waals surface area contributed by atoms with Crippen molar-refractivity contribution < 1.29 is 14.3 Å². The normalized spacial score (nSPS) is 11.6. The summed E-state index contributed by atoms with van der Waals surface area (Å²) in [4.78, 5) is 23.8. The van der Waals surface area contributed by atoms with Gasteiger partial charge in [0, 0.05) is 19.3 Å². The Labute approximate surface area is 164 Å². The van der Waals surface area contributed by atoms with Crippen LogP contribution in [-0.2, 0) is 20.9 Å². The third-order valence-electron chi connectivity index (χ3n) is 4.33. The standard InChI is InChI=1S/C22H23N3O3/c1-16-4-8-19(9-5-16)21(24-17(2)26)14-22(27)28-15-18-6-10-20(11-7-18)25-13-3-12-23-25/h3-13,21H,14-15H2,1-2H3,(H,24,26). The minimum absolute atomic E-state index is 0.0774. The number of aromatic nitrogens is 2. The van der Waals surface area contributed by atoms with Gasteiger partial charge in [-0.3, -0.25) is 9.59 Å². The van der Waals surface area contributed by atoms with Gasteiger partial charge in [-0.15, -0.1) is 0 Å². The summed E-state index contributed by atoms with van der Waals surface area (Å²) in [5.41, 5.74) is 3.81. The maximum absolute atomic E-state index is 12.3. The predicted molar refractivity (Wildman–Crippen MR) is 106 cm³/mol. The first kappa shape index (κ1) is 19.4. The van der Waals surface area contributed by atoms with E-state index in [0.717, 1.165) is 22.4 Å². The van der Waals surface area contributed by atoms with E-state index < -0.39 is 6.04 Å². The van der Waals surface area contributed by atoms with Crippen molar-refractivity contribution in [2.75, 3.05) is 0 Å². The minimum atomic E-state index is -0.409. The Balaban J connectivity index is 1.58. The van der Waals surface area contributed by atoms with Crippen molar-refractivity contribution in [2.45, 2.75) is 32.9 Å². The zero-order valence-corrected chi connectivity index (χ0v) is 16.0. The third kappa shape index (κ3) is 5.30. The molecule has 1 amide bonds. The molecule has 6 heteroatoms. The number of esters is 1. The van der Waals surface area contributed by atoms with Gasteiger partial charge in [0.1, 0.15) is 6.61 Å². The Morgan fingerprint density at radius 1 is 1.11 bits per heavy atom. The number of benzene rings is 2. The predicted octanol–water partition coefficient (Wildman–Crippen LogP) is 3.49. The second-order valence-electron chi connectivity index (χ2n) is 6.65. The van der Waals surface area contributed by atoms with Crippen molar-refractivity contribution in [3.8, 4) is 5.69 Å². The number of aryl methyl sites for hydroxylation is 1. The largest absolute Gasteiger partial charge is 0.461 e. The Morgan fingerprint density at radius 3 is 2.43 bits per heavy atom. The topological polar surface area (TPSA) is 73.2 Å². The first-order valence-electron chi connectivity index (χ1n) is 9.09. The summed E-state index contributed by atoms with van der Waals surface area (Å²) in [7, 11) is 0. The second kappa shape index (κ2) is 8.99. The van der Waals surface area contributed by atoms with Gasteiger partial charge in [-0.25, -0.2) is 4.68 Å². The number of nitrogens with zero attached hydrogens (tertiary/aromatic N) is 2. The fourth-order valence-electron chi connectivity index (χ4n) is 2.85. The molecule has 144 valence electrons. The Hall–Kier alpha value is -3.41. The highest BCUT2D eigenvalue weighted by Gasteiger charge is 2.18. The number of amides is 1. The molecule has 1 heterocycles. The van der Waals surface area contributed by atoms with Gasteiger partial charge >= 0.3 is 5.97 Å². The number of hydrogen-bond donors (Lipinski definition) is 1. The molecule has 6 nitrogen and oxygen atoms in total. The van der Waals surface area contributed by atoms with E-state index in [1.165, 1.54) is 6.92 Å². The number of nitrogens with one attached hydrogen (secondary N) is 1. The van der Waals surface area contributed by atoms with Gasteiger partial charge in [0.25, 0.3) is 0 Å². The van der Waals surface area contributed by atoms with Crippen LogP contribution in [0.1, 0.15) is 36.1 Å². The Bertz CT molecular complexity index is 917. The maximum atomic E-state index is 12.3. The molecule has 0 aliphatic carbocycles. The van der Waals surface area contributed by atoms with Gasteiger partial charge in [-0.2, -0.15) is 5.10 Å². The van der Waals surface area contributed by atoms with E-state index in [0.29, 0.717) is 0 Å². The zero-order valence-electron chi connectivity index (χ0n) is 16.0. The summed E-state index contributed by atoms with van der Waals surface area (Å²) in [5, 5.41) is 7.00.